The van der Waals surface area contributed by atoms with Gasteiger partial charge < -0.3 is 10.6 Å². The Bertz CT molecular complexity index is 1000. The predicted molar refractivity (Wildman–Crippen MR) is 125 cm³/mol. The van der Waals surface area contributed by atoms with E-state index in [1.54, 1.807) is 0 Å². The Balaban J connectivity index is 1.37. The zero-order valence-electron chi connectivity index (χ0n) is 18.6. The molecule has 2 atom stereocenters. The Morgan fingerprint density at radius 1 is 1.28 bits per heavy atom. The summed E-state index contributed by atoms with van der Waals surface area (Å²) in [5, 5.41) is 7.96. The Morgan fingerprint density at radius 2 is 2.06 bits per heavy atom. The van der Waals surface area contributed by atoms with Crippen molar-refractivity contribution in [1.29, 1.82) is 0 Å². The van der Waals surface area contributed by atoms with E-state index in [1.165, 1.54) is 29.7 Å². The number of unbranched alkanes of at least 4 members (excludes halogenated alkanes) is 1. The summed E-state index contributed by atoms with van der Waals surface area (Å²) in [7, 11) is 0. The molecule has 32 heavy (non-hydrogen) atoms. The number of imide groups is 1. The summed E-state index contributed by atoms with van der Waals surface area (Å²) in [6.45, 7) is 3.87. The summed E-state index contributed by atoms with van der Waals surface area (Å²) in [6, 6.07) is 7.83. The molecule has 1 saturated carbocycles. The summed E-state index contributed by atoms with van der Waals surface area (Å²) in [4.78, 5) is 43.6. The molecule has 1 spiro atoms. The molecule has 1 aromatic heterocycles. The van der Waals surface area contributed by atoms with Gasteiger partial charge in [0.1, 0.15) is 12.1 Å². The van der Waals surface area contributed by atoms with E-state index in [0.717, 1.165) is 41.8 Å². The molecule has 2 heterocycles. The fourth-order valence-electron chi connectivity index (χ4n) is 4.63. The van der Waals surface area contributed by atoms with Crippen molar-refractivity contribution in [3.05, 3.63) is 35.2 Å². The van der Waals surface area contributed by atoms with Gasteiger partial charge in [-0.25, -0.2) is 9.78 Å². The number of rotatable bonds is 7. The van der Waals surface area contributed by atoms with Crippen LogP contribution in [0.4, 0.5) is 9.93 Å². The lowest BCUT2D eigenvalue weighted by molar-refractivity contribution is -0.136. The number of amides is 4. The van der Waals surface area contributed by atoms with E-state index >= 15 is 0 Å². The molecular formula is C24H30N4O3S. The highest BCUT2D eigenvalue weighted by atomic mass is 32.1. The maximum absolute atomic E-state index is 13.0. The monoisotopic (exact) mass is 454 g/mol. The third-order valence-electron chi connectivity index (χ3n) is 6.62. The molecule has 2 fully saturated rings. The van der Waals surface area contributed by atoms with Crippen molar-refractivity contribution in [2.45, 2.75) is 64.3 Å². The number of aryl methyl sites for hydroxylation is 1. The summed E-state index contributed by atoms with van der Waals surface area (Å²) < 4.78 is 0. The number of anilines is 1. The van der Waals surface area contributed by atoms with E-state index in [9.17, 15) is 14.4 Å². The lowest BCUT2D eigenvalue weighted by Gasteiger charge is -2.36. The molecule has 1 aromatic carbocycles. The van der Waals surface area contributed by atoms with Crippen LogP contribution in [-0.4, -0.2) is 39.8 Å². The van der Waals surface area contributed by atoms with E-state index in [1.807, 2.05) is 24.4 Å². The number of benzene rings is 1. The van der Waals surface area contributed by atoms with Crippen LogP contribution in [0.15, 0.2) is 29.6 Å². The van der Waals surface area contributed by atoms with Gasteiger partial charge >= 0.3 is 6.03 Å². The molecule has 2 N–H and O–H groups in total. The van der Waals surface area contributed by atoms with E-state index in [4.69, 9.17) is 0 Å². The van der Waals surface area contributed by atoms with Crippen LogP contribution < -0.4 is 10.6 Å². The second-order valence-electron chi connectivity index (χ2n) is 8.83. The lowest BCUT2D eigenvalue weighted by atomic mass is 9.73. The second-order valence-corrected chi connectivity index (χ2v) is 9.68. The maximum atomic E-state index is 13.0. The SMILES string of the molecule is CCCCc1ccc(-c2csc(NC(=O)CN3C(=O)NC4(CCCCC4C)C3=O)n2)cc1. The standard InChI is InChI=1S/C24H30N4O3S/c1-3-4-8-17-9-11-18(12-10-17)19-15-32-22(25-19)26-20(29)14-28-21(30)24(27-23(28)31)13-6-5-7-16(24)2/h9-12,15-16H,3-8,13-14H2,1-2H3,(H,27,31)(H,25,26,29). The summed E-state index contributed by atoms with van der Waals surface area (Å²) in [6.07, 6.45) is 6.89. The van der Waals surface area contributed by atoms with Crippen molar-refractivity contribution in [3.63, 3.8) is 0 Å². The van der Waals surface area contributed by atoms with Crippen LogP contribution in [-0.2, 0) is 16.0 Å². The van der Waals surface area contributed by atoms with Crippen molar-refractivity contribution in [3.8, 4) is 11.3 Å². The van der Waals surface area contributed by atoms with Crippen molar-refractivity contribution >= 4 is 34.3 Å². The van der Waals surface area contributed by atoms with E-state index in [2.05, 4.69) is 34.7 Å². The molecule has 2 aromatic rings. The van der Waals surface area contributed by atoms with Crippen LogP contribution in [0.2, 0.25) is 0 Å². The molecule has 7 nitrogen and oxygen atoms in total. The smallest absolute Gasteiger partial charge is 0.323 e. The summed E-state index contributed by atoms with van der Waals surface area (Å²) in [5.74, 6) is -0.645. The van der Waals surface area contributed by atoms with Gasteiger partial charge in [0.2, 0.25) is 5.91 Å². The Hall–Kier alpha value is -2.74. The Labute approximate surface area is 192 Å². The van der Waals surface area contributed by atoms with Crippen molar-refractivity contribution in [2.75, 3.05) is 11.9 Å². The lowest BCUT2D eigenvalue weighted by Crippen LogP contribution is -2.54. The second kappa shape index (κ2) is 9.40. The Kier molecular flexibility index (Phi) is 6.60. The number of nitrogens with zero attached hydrogens (tertiary/aromatic N) is 2. The third-order valence-corrected chi connectivity index (χ3v) is 7.38. The molecule has 4 amide bonds. The molecule has 0 radical (unpaired) electrons. The first-order chi connectivity index (χ1) is 15.4. The van der Waals surface area contributed by atoms with Gasteiger partial charge in [-0.3, -0.25) is 14.5 Å². The molecular weight excluding hydrogens is 424 g/mol. The topological polar surface area (TPSA) is 91.4 Å². The first kappa shape index (κ1) is 22.5. The van der Waals surface area contributed by atoms with Gasteiger partial charge in [0.05, 0.1) is 5.69 Å². The van der Waals surface area contributed by atoms with E-state index < -0.39 is 17.5 Å². The van der Waals surface area contributed by atoms with Gasteiger partial charge in [-0.2, -0.15) is 0 Å². The molecule has 170 valence electrons. The maximum Gasteiger partial charge on any atom is 0.325 e. The number of aromatic nitrogens is 1. The van der Waals surface area contributed by atoms with Crippen LogP contribution in [0.3, 0.4) is 0 Å². The molecule has 1 aliphatic heterocycles. The van der Waals surface area contributed by atoms with E-state index in [-0.39, 0.29) is 18.4 Å². The molecule has 2 unspecified atom stereocenters. The summed E-state index contributed by atoms with van der Waals surface area (Å²) in [5.41, 5.74) is 2.23. The van der Waals surface area contributed by atoms with Gasteiger partial charge in [0, 0.05) is 10.9 Å². The number of hydrogen-bond acceptors (Lipinski definition) is 5. The Morgan fingerprint density at radius 3 is 2.78 bits per heavy atom. The number of carbonyl (C=O) groups is 3. The molecule has 0 bridgehead atoms. The van der Waals surface area contributed by atoms with Crippen LogP contribution in [0, 0.1) is 5.92 Å². The minimum absolute atomic E-state index is 0.0654. The first-order valence-electron chi connectivity index (χ1n) is 11.4. The fourth-order valence-corrected chi connectivity index (χ4v) is 5.36. The fraction of sp³-hybridized carbons (Fsp3) is 0.500. The quantitative estimate of drug-likeness (QED) is 0.599. The van der Waals surface area contributed by atoms with Crippen LogP contribution in [0.1, 0.15) is 57.9 Å². The minimum Gasteiger partial charge on any atom is -0.323 e. The van der Waals surface area contributed by atoms with Crippen LogP contribution in [0.5, 0.6) is 0 Å². The zero-order chi connectivity index (χ0) is 22.7. The van der Waals surface area contributed by atoms with Gasteiger partial charge in [-0.1, -0.05) is 57.4 Å². The number of thiazole rings is 1. The van der Waals surface area contributed by atoms with Gasteiger partial charge in [-0.05, 0) is 37.2 Å². The highest BCUT2D eigenvalue weighted by Crippen LogP contribution is 2.38. The highest BCUT2D eigenvalue weighted by molar-refractivity contribution is 7.14. The molecule has 1 aliphatic carbocycles. The number of hydrogen-bond donors (Lipinski definition) is 2. The van der Waals surface area contributed by atoms with E-state index in [0.29, 0.717) is 11.6 Å². The van der Waals surface area contributed by atoms with Gasteiger partial charge in [0.25, 0.3) is 5.91 Å². The summed E-state index contributed by atoms with van der Waals surface area (Å²) >= 11 is 1.33. The molecule has 1 saturated heterocycles. The van der Waals surface area contributed by atoms with Gasteiger partial charge in [0.15, 0.2) is 5.13 Å². The molecule has 8 heteroatoms. The molecule has 4 rings (SSSR count). The van der Waals surface area contributed by atoms with Crippen molar-refractivity contribution in [2.24, 2.45) is 5.92 Å². The third kappa shape index (κ3) is 4.41. The molecule has 2 aliphatic rings. The van der Waals surface area contributed by atoms with Crippen LogP contribution in [0.25, 0.3) is 11.3 Å². The normalized spacial score (nSPS) is 22.9. The highest BCUT2D eigenvalue weighted by Gasteiger charge is 2.55. The first-order valence-corrected chi connectivity index (χ1v) is 12.3. The van der Waals surface area contributed by atoms with Gasteiger partial charge in [-0.15, -0.1) is 11.3 Å². The van der Waals surface area contributed by atoms with Crippen molar-refractivity contribution in [1.82, 2.24) is 15.2 Å². The number of carbonyl (C=O) groups excluding carboxylic acids is 3. The van der Waals surface area contributed by atoms with Crippen LogP contribution >= 0.6 is 11.3 Å². The van der Waals surface area contributed by atoms with Crippen molar-refractivity contribution < 1.29 is 14.4 Å². The number of urea groups is 1. The predicted octanol–water partition coefficient (Wildman–Crippen LogP) is 4.59. The average molecular weight is 455 g/mol. The average Bonchev–Trinajstić information content (AvgIpc) is 3.34. The zero-order valence-corrected chi connectivity index (χ0v) is 19.5. The minimum atomic E-state index is -0.854. The number of nitrogens with one attached hydrogen (secondary N) is 2. The largest absolute Gasteiger partial charge is 0.325 e.